The third kappa shape index (κ3) is 6.27. The molecule has 0 unspecified atom stereocenters. The maximum Gasteiger partial charge on any atom is 0.230 e. The summed E-state index contributed by atoms with van der Waals surface area (Å²) in [6, 6.07) is 14.1. The van der Waals surface area contributed by atoms with Gasteiger partial charge in [-0.05, 0) is 67.6 Å². The van der Waals surface area contributed by atoms with E-state index in [1.807, 2.05) is 0 Å². The van der Waals surface area contributed by atoms with Crippen molar-refractivity contribution in [1.29, 1.82) is 0 Å². The molecule has 0 aromatic heterocycles. The fourth-order valence-corrected chi connectivity index (χ4v) is 5.49. The molecular formula is C29H30F2N2O4S. The summed E-state index contributed by atoms with van der Waals surface area (Å²) in [5.41, 5.74) is 2.94. The van der Waals surface area contributed by atoms with Gasteiger partial charge in [0.1, 0.15) is 17.4 Å². The lowest BCUT2D eigenvalue weighted by atomic mass is 9.89. The van der Waals surface area contributed by atoms with Crippen LogP contribution >= 0.6 is 0 Å². The lowest BCUT2D eigenvalue weighted by molar-refractivity contribution is -0.128. The number of nitrogens with one attached hydrogen (secondary N) is 1. The number of piperidine rings is 1. The number of nitrogens with zero attached hydrogens (tertiary/aromatic N) is 1. The van der Waals surface area contributed by atoms with Crippen molar-refractivity contribution in [3.05, 3.63) is 82.9 Å². The summed E-state index contributed by atoms with van der Waals surface area (Å²) in [6.07, 6.45) is 2.11. The zero-order chi connectivity index (χ0) is 27.6. The van der Waals surface area contributed by atoms with Crippen molar-refractivity contribution in [2.75, 3.05) is 22.4 Å². The van der Waals surface area contributed by atoms with E-state index in [-0.39, 0.29) is 35.8 Å². The Kier molecular flexibility index (Phi) is 7.97. The number of hydrogen-bond donors (Lipinski definition) is 1. The van der Waals surface area contributed by atoms with Crippen LogP contribution in [-0.4, -0.2) is 32.9 Å². The first kappa shape index (κ1) is 27.4. The fraction of sp³-hybridized carbons (Fsp3) is 0.310. The van der Waals surface area contributed by atoms with Gasteiger partial charge in [-0.25, -0.2) is 17.2 Å². The van der Waals surface area contributed by atoms with Crippen molar-refractivity contribution in [3.63, 3.8) is 0 Å². The van der Waals surface area contributed by atoms with E-state index >= 15 is 4.39 Å². The Morgan fingerprint density at radius 3 is 2.47 bits per heavy atom. The Labute approximate surface area is 221 Å². The highest BCUT2D eigenvalue weighted by molar-refractivity contribution is 7.92. The highest BCUT2D eigenvalue weighted by Crippen LogP contribution is 2.36. The number of rotatable bonds is 8. The van der Waals surface area contributed by atoms with Crippen LogP contribution in [0.4, 0.5) is 20.2 Å². The Morgan fingerprint density at radius 1 is 1.03 bits per heavy atom. The Hall–Kier alpha value is -3.59. The maximum absolute atomic E-state index is 15.4. The zero-order valence-corrected chi connectivity index (χ0v) is 22.4. The van der Waals surface area contributed by atoms with Gasteiger partial charge in [0.25, 0.3) is 0 Å². The molecule has 38 heavy (non-hydrogen) atoms. The molecule has 6 nitrogen and oxygen atoms in total. The van der Waals surface area contributed by atoms with Crippen molar-refractivity contribution in [2.45, 2.75) is 39.5 Å². The third-order valence-electron chi connectivity index (χ3n) is 6.71. The minimum absolute atomic E-state index is 0.00714. The molecule has 3 aromatic carbocycles. The van der Waals surface area contributed by atoms with Crippen LogP contribution in [0.1, 0.15) is 36.0 Å². The first-order valence-corrected chi connectivity index (χ1v) is 14.3. The number of anilines is 2. The average Bonchev–Trinajstić information content (AvgIpc) is 2.83. The van der Waals surface area contributed by atoms with E-state index in [1.165, 1.54) is 17.0 Å². The van der Waals surface area contributed by atoms with E-state index in [9.17, 15) is 22.4 Å². The molecule has 0 aliphatic carbocycles. The predicted molar refractivity (Wildman–Crippen MR) is 145 cm³/mol. The van der Waals surface area contributed by atoms with Crippen LogP contribution in [0.15, 0.2) is 54.6 Å². The molecule has 1 amide bonds. The van der Waals surface area contributed by atoms with Crippen LogP contribution in [0.2, 0.25) is 0 Å². The molecule has 0 bridgehead atoms. The molecule has 4 rings (SSSR count). The summed E-state index contributed by atoms with van der Waals surface area (Å²) in [6.45, 7) is 3.92. The molecular weight excluding hydrogens is 510 g/mol. The van der Waals surface area contributed by atoms with Gasteiger partial charge in [-0.1, -0.05) is 30.3 Å². The summed E-state index contributed by atoms with van der Waals surface area (Å²) in [4.78, 5) is 27.6. The van der Waals surface area contributed by atoms with Crippen LogP contribution in [0, 0.1) is 31.4 Å². The van der Waals surface area contributed by atoms with Gasteiger partial charge in [-0.2, -0.15) is 0 Å². The number of carbonyl (C=O) groups excluding carboxylic acids is 2. The number of ketones is 1. The Balaban J connectivity index is 1.55. The third-order valence-corrected chi connectivity index (χ3v) is 7.30. The van der Waals surface area contributed by atoms with Crippen LogP contribution < -0.4 is 9.62 Å². The molecule has 0 saturated carbocycles. The van der Waals surface area contributed by atoms with Gasteiger partial charge in [-0.15, -0.1) is 0 Å². The van der Waals surface area contributed by atoms with Gasteiger partial charge in [0.05, 0.1) is 11.9 Å². The van der Waals surface area contributed by atoms with Crippen LogP contribution in [0.3, 0.4) is 0 Å². The predicted octanol–water partition coefficient (Wildman–Crippen LogP) is 5.57. The van der Waals surface area contributed by atoms with E-state index < -0.39 is 27.6 Å². The van der Waals surface area contributed by atoms with Crippen molar-refractivity contribution >= 4 is 33.1 Å². The summed E-state index contributed by atoms with van der Waals surface area (Å²) in [5.74, 6) is -2.08. The van der Waals surface area contributed by atoms with Crippen molar-refractivity contribution in [1.82, 2.24) is 0 Å². The van der Waals surface area contributed by atoms with Crippen molar-refractivity contribution < 1.29 is 26.8 Å². The summed E-state index contributed by atoms with van der Waals surface area (Å²) in [5, 5.41) is 0. The summed E-state index contributed by atoms with van der Waals surface area (Å²) in [7, 11) is -3.58. The standard InChI is InChI=1S/C29H30F2N2O4S/c1-18-10-11-20(25(30)13-18)15-22(34)16-21-7-6-12-33(29(21)35)28-17-26(31)24(14-19(28)2)23-8-4-5-9-27(23)32-38(3,36)37/h4-5,8-11,13-14,17,21,32H,6-7,12,15-16H2,1-3H3/t21-/m0/s1. The second-order valence-corrected chi connectivity index (χ2v) is 11.6. The van der Waals surface area contributed by atoms with Gasteiger partial charge in [0.2, 0.25) is 15.9 Å². The molecule has 1 atom stereocenters. The monoisotopic (exact) mass is 540 g/mol. The molecule has 1 heterocycles. The van der Waals surface area contributed by atoms with E-state index in [4.69, 9.17) is 0 Å². The molecule has 0 radical (unpaired) electrons. The smallest absolute Gasteiger partial charge is 0.230 e. The number of para-hydroxylation sites is 1. The minimum atomic E-state index is -3.58. The van der Waals surface area contributed by atoms with Gasteiger partial charge < -0.3 is 4.90 Å². The molecule has 3 aromatic rings. The molecule has 0 spiro atoms. The highest BCUT2D eigenvalue weighted by Gasteiger charge is 2.32. The fourth-order valence-electron chi connectivity index (χ4n) is 4.91. The molecule has 1 fully saturated rings. The number of carbonyl (C=O) groups is 2. The summed E-state index contributed by atoms with van der Waals surface area (Å²) >= 11 is 0. The first-order valence-electron chi connectivity index (χ1n) is 12.4. The van der Waals surface area contributed by atoms with Crippen LogP contribution in [-0.2, 0) is 26.0 Å². The molecule has 9 heteroatoms. The van der Waals surface area contributed by atoms with Crippen molar-refractivity contribution in [2.24, 2.45) is 5.92 Å². The Morgan fingerprint density at radius 2 is 1.76 bits per heavy atom. The highest BCUT2D eigenvalue weighted by atomic mass is 32.2. The maximum atomic E-state index is 15.4. The number of Topliss-reactive ketones (excluding diaryl/α,β-unsaturated/α-hetero) is 1. The quantitative estimate of drug-likeness (QED) is 0.405. The lowest BCUT2D eigenvalue weighted by Gasteiger charge is -2.33. The number of halogens is 2. The van der Waals surface area contributed by atoms with Gasteiger partial charge in [-0.3, -0.25) is 14.3 Å². The molecule has 1 N–H and O–H groups in total. The number of aryl methyl sites for hydroxylation is 2. The Bertz CT molecular complexity index is 1500. The number of benzene rings is 3. The van der Waals surface area contributed by atoms with E-state index in [2.05, 4.69) is 4.72 Å². The average molecular weight is 541 g/mol. The number of sulfonamides is 1. The second-order valence-electron chi connectivity index (χ2n) is 9.88. The minimum Gasteiger partial charge on any atom is -0.312 e. The van der Waals surface area contributed by atoms with Crippen molar-refractivity contribution in [3.8, 4) is 11.1 Å². The van der Waals surface area contributed by atoms with Gasteiger partial charge in [0, 0.05) is 42.1 Å². The SMILES string of the molecule is Cc1ccc(CC(=O)C[C@@H]2CCCN(c3cc(F)c(-c4ccccc4NS(C)(=O)=O)cc3C)C2=O)c(F)c1. The molecule has 1 aliphatic rings. The van der Waals surface area contributed by atoms with Gasteiger partial charge in [0.15, 0.2) is 0 Å². The first-order chi connectivity index (χ1) is 17.9. The largest absolute Gasteiger partial charge is 0.312 e. The normalized spacial score (nSPS) is 16.0. The van der Waals surface area contributed by atoms with E-state index in [0.717, 1.165) is 11.8 Å². The zero-order valence-electron chi connectivity index (χ0n) is 21.6. The van der Waals surface area contributed by atoms with E-state index in [0.29, 0.717) is 41.8 Å². The topological polar surface area (TPSA) is 83.6 Å². The number of hydrogen-bond acceptors (Lipinski definition) is 4. The molecule has 1 aliphatic heterocycles. The molecule has 200 valence electrons. The lowest BCUT2D eigenvalue weighted by Crippen LogP contribution is -2.42. The summed E-state index contributed by atoms with van der Waals surface area (Å²) < 4.78 is 55.6. The van der Waals surface area contributed by atoms with Crippen LogP contribution in [0.25, 0.3) is 11.1 Å². The van der Waals surface area contributed by atoms with Gasteiger partial charge >= 0.3 is 0 Å². The number of amides is 1. The van der Waals surface area contributed by atoms with E-state index in [1.54, 1.807) is 56.3 Å². The molecule has 1 saturated heterocycles. The van der Waals surface area contributed by atoms with Crippen LogP contribution in [0.5, 0.6) is 0 Å². The second kappa shape index (κ2) is 11.0.